The Morgan fingerprint density at radius 3 is 2.58 bits per heavy atom. The highest BCUT2D eigenvalue weighted by molar-refractivity contribution is 14.1. The Balaban J connectivity index is 1.86. The average Bonchev–Trinajstić information content (AvgIpc) is 3.43. The maximum absolute atomic E-state index is 15.5. The van der Waals surface area contributed by atoms with Gasteiger partial charge in [-0.1, -0.05) is 0 Å². The molecule has 4 rings (SSSR count). The lowest BCUT2D eigenvalue weighted by Crippen LogP contribution is -2.31. The summed E-state index contributed by atoms with van der Waals surface area (Å²) < 4.78 is 59.7. The predicted molar refractivity (Wildman–Crippen MR) is 124 cm³/mol. The summed E-state index contributed by atoms with van der Waals surface area (Å²) in [6, 6.07) is 5.89. The van der Waals surface area contributed by atoms with E-state index in [1.165, 1.54) is 22.9 Å². The molecule has 0 aliphatic heterocycles. The molecular weight excluding hydrogens is 541 g/mol. The van der Waals surface area contributed by atoms with Gasteiger partial charge in [-0.3, -0.25) is 9.40 Å². The van der Waals surface area contributed by atoms with E-state index in [9.17, 15) is 17.9 Å². The third kappa shape index (κ3) is 3.87. The molecule has 31 heavy (non-hydrogen) atoms. The third-order valence-electron chi connectivity index (χ3n) is 5.75. The molecule has 0 unspecified atom stereocenters. The number of nitrogens with zero attached hydrogens (tertiary/aromatic N) is 2. The maximum atomic E-state index is 15.5. The molecule has 0 spiro atoms. The van der Waals surface area contributed by atoms with Crippen LogP contribution in [0.1, 0.15) is 25.0 Å². The number of hydrogen-bond acceptors (Lipinski definition) is 5. The minimum Gasteiger partial charge on any atom is -0.396 e. The van der Waals surface area contributed by atoms with Crippen LogP contribution in [-0.4, -0.2) is 34.7 Å². The highest BCUT2D eigenvalue weighted by Crippen LogP contribution is 2.48. The second-order valence-corrected chi connectivity index (χ2v) is 11.1. The highest BCUT2D eigenvalue weighted by Gasteiger charge is 2.54. The number of sulfonamides is 1. The third-order valence-corrected chi connectivity index (χ3v) is 8.66. The number of aromatic nitrogens is 2. The fourth-order valence-electron chi connectivity index (χ4n) is 3.59. The van der Waals surface area contributed by atoms with Crippen molar-refractivity contribution in [3.8, 4) is 0 Å². The molecule has 3 aromatic rings. The molecule has 7 nitrogen and oxygen atoms in total. The van der Waals surface area contributed by atoms with Crippen LogP contribution in [0.4, 0.5) is 25.8 Å². The second kappa shape index (κ2) is 7.85. The van der Waals surface area contributed by atoms with E-state index in [4.69, 9.17) is 0 Å². The van der Waals surface area contributed by atoms with Crippen molar-refractivity contribution < 1.29 is 22.3 Å². The van der Waals surface area contributed by atoms with Gasteiger partial charge in [0.05, 0.1) is 16.1 Å². The van der Waals surface area contributed by atoms with E-state index >= 15 is 4.39 Å². The quantitative estimate of drug-likeness (QED) is 0.376. The molecule has 0 saturated heterocycles. The summed E-state index contributed by atoms with van der Waals surface area (Å²) in [4.78, 5) is 0. The molecule has 3 N–H and O–H groups in total. The van der Waals surface area contributed by atoms with E-state index in [1.807, 2.05) is 22.6 Å². The van der Waals surface area contributed by atoms with Crippen LogP contribution in [0, 0.1) is 22.1 Å². The van der Waals surface area contributed by atoms with Crippen molar-refractivity contribution in [2.24, 2.45) is 7.05 Å². The number of anilines is 3. The van der Waals surface area contributed by atoms with Crippen LogP contribution in [0.25, 0.3) is 10.9 Å². The number of fused-ring (bicyclic) bond motifs is 1. The van der Waals surface area contributed by atoms with Gasteiger partial charge in [-0.25, -0.2) is 17.2 Å². The molecule has 0 bridgehead atoms. The molecule has 11 heteroatoms. The number of aliphatic hydroxyl groups excluding tert-OH is 1. The van der Waals surface area contributed by atoms with Gasteiger partial charge >= 0.3 is 0 Å². The van der Waals surface area contributed by atoms with Crippen molar-refractivity contribution in [1.82, 2.24) is 9.78 Å². The van der Waals surface area contributed by atoms with E-state index < -0.39 is 26.4 Å². The van der Waals surface area contributed by atoms with Crippen molar-refractivity contribution >= 4 is 60.6 Å². The molecule has 1 aliphatic rings. The lowest BCUT2D eigenvalue weighted by Gasteiger charge is -2.20. The Morgan fingerprint density at radius 2 is 1.97 bits per heavy atom. The van der Waals surface area contributed by atoms with E-state index in [-0.39, 0.29) is 35.6 Å². The Bertz CT molecular complexity index is 1290. The second-order valence-electron chi connectivity index (χ2n) is 7.73. The number of nitrogens with one attached hydrogen (secondary N) is 2. The van der Waals surface area contributed by atoms with Gasteiger partial charge in [0, 0.05) is 28.3 Å². The molecule has 1 aromatic heterocycles. The molecule has 1 aliphatic carbocycles. The van der Waals surface area contributed by atoms with Gasteiger partial charge in [-0.15, -0.1) is 0 Å². The summed E-state index contributed by atoms with van der Waals surface area (Å²) in [6.07, 6.45) is 0.912. The SMILES string of the molecule is Cc1c2cc(NS(=O)(=O)C3(CCO)CC3)c(Nc3ccc(I)cc3F)c(F)c2nn1C. The summed E-state index contributed by atoms with van der Waals surface area (Å²) >= 11 is 1.96. The van der Waals surface area contributed by atoms with Crippen LogP contribution in [-0.2, 0) is 17.1 Å². The smallest absolute Gasteiger partial charge is 0.238 e. The number of halogens is 3. The van der Waals surface area contributed by atoms with Crippen molar-refractivity contribution in [1.29, 1.82) is 0 Å². The normalized spacial score (nSPS) is 15.3. The van der Waals surface area contributed by atoms with Crippen molar-refractivity contribution in [2.75, 3.05) is 16.6 Å². The Kier molecular flexibility index (Phi) is 5.63. The van der Waals surface area contributed by atoms with Gasteiger partial charge in [0.1, 0.15) is 17.0 Å². The zero-order valence-corrected chi connectivity index (χ0v) is 19.8. The van der Waals surface area contributed by atoms with Gasteiger partial charge in [0.25, 0.3) is 0 Å². The number of aliphatic hydroxyl groups is 1. The molecule has 2 aromatic carbocycles. The first-order valence-electron chi connectivity index (χ1n) is 9.60. The Labute approximate surface area is 192 Å². The molecule has 166 valence electrons. The van der Waals surface area contributed by atoms with Crippen LogP contribution in [0.3, 0.4) is 0 Å². The summed E-state index contributed by atoms with van der Waals surface area (Å²) in [7, 11) is -2.27. The van der Waals surface area contributed by atoms with Crippen LogP contribution >= 0.6 is 22.6 Å². The summed E-state index contributed by atoms with van der Waals surface area (Å²) in [6.45, 7) is 1.47. The molecule has 1 saturated carbocycles. The maximum Gasteiger partial charge on any atom is 0.238 e. The summed E-state index contributed by atoms with van der Waals surface area (Å²) in [5.74, 6) is -1.39. The molecule has 1 heterocycles. The molecular formula is C20H21F2IN4O3S. The van der Waals surface area contributed by atoms with Crippen LogP contribution in [0.2, 0.25) is 0 Å². The lowest BCUT2D eigenvalue weighted by atomic mass is 10.1. The Morgan fingerprint density at radius 1 is 1.26 bits per heavy atom. The molecule has 0 atom stereocenters. The van der Waals surface area contributed by atoms with Crippen molar-refractivity contribution in [3.05, 3.63) is 45.2 Å². The first kappa shape index (κ1) is 22.2. The predicted octanol–water partition coefficient (Wildman–Crippen LogP) is 4.16. The number of aryl methyl sites for hydroxylation is 2. The van der Waals surface area contributed by atoms with Crippen molar-refractivity contribution in [3.63, 3.8) is 0 Å². The van der Waals surface area contributed by atoms with Crippen LogP contribution in [0.5, 0.6) is 0 Å². The fourth-order valence-corrected chi connectivity index (χ4v) is 5.71. The number of rotatable bonds is 7. The summed E-state index contributed by atoms with van der Waals surface area (Å²) in [5.41, 5.74) is 0.450. The van der Waals surface area contributed by atoms with Gasteiger partial charge < -0.3 is 10.4 Å². The van der Waals surface area contributed by atoms with Crippen LogP contribution < -0.4 is 10.0 Å². The van der Waals surface area contributed by atoms with Gasteiger partial charge in [0.15, 0.2) is 5.82 Å². The number of benzene rings is 2. The standard InChI is InChI=1S/C20H21F2IN4O3S/c1-11-13-10-16(26-31(29,30)20(5-6-20)7-8-28)19(17(22)18(13)25-27(11)2)24-15-4-3-12(23)9-14(15)21/h3-4,9-10,24,26,28H,5-8H2,1-2H3. The fraction of sp³-hybridized carbons (Fsp3) is 0.350. The Hall–Kier alpha value is -1.99. The van der Waals surface area contributed by atoms with Crippen LogP contribution in [0.15, 0.2) is 24.3 Å². The van der Waals surface area contributed by atoms with E-state index in [0.717, 1.165) is 0 Å². The average molecular weight is 562 g/mol. The minimum absolute atomic E-state index is 0.00302. The number of hydrogen-bond donors (Lipinski definition) is 3. The molecule has 1 fully saturated rings. The van der Waals surface area contributed by atoms with E-state index in [0.29, 0.717) is 27.5 Å². The zero-order valence-electron chi connectivity index (χ0n) is 16.8. The van der Waals surface area contributed by atoms with Gasteiger partial charge in [-0.2, -0.15) is 5.10 Å². The zero-order chi connectivity index (χ0) is 22.6. The van der Waals surface area contributed by atoms with E-state index in [2.05, 4.69) is 15.1 Å². The lowest BCUT2D eigenvalue weighted by molar-refractivity contribution is 0.283. The van der Waals surface area contributed by atoms with Gasteiger partial charge in [-0.05, 0) is 73.0 Å². The van der Waals surface area contributed by atoms with Crippen molar-refractivity contribution in [2.45, 2.75) is 30.9 Å². The minimum atomic E-state index is -3.93. The highest BCUT2D eigenvalue weighted by atomic mass is 127. The largest absolute Gasteiger partial charge is 0.396 e. The van der Waals surface area contributed by atoms with E-state index in [1.54, 1.807) is 20.0 Å². The first-order chi connectivity index (χ1) is 14.6. The monoisotopic (exact) mass is 562 g/mol. The van der Waals surface area contributed by atoms with Gasteiger partial charge in [0.2, 0.25) is 10.0 Å². The molecule has 0 radical (unpaired) electrons. The molecule has 0 amide bonds. The first-order valence-corrected chi connectivity index (χ1v) is 12.2. The topological polar surface area (TPSA) is 96.2 Å². The summed E-state index contributed by atoms with van der Waals surface area (Å²) in [5, 5.41) is 16.6.